The maximum atomic E-state index is 13.1. The van der Waals surface area contributed by atoms with Gasteiger partial charge in [-0.15, -0.1) is 0 Å². The molecule has 0 aromatic heterocycles. The van der Waals surface area contributed by atoms with Crippen molar-refractivity contribution in [3.8, 4) is 11.5 Å². The number of hydrogen-bond acceptors (Lipinski definition) is 6. The molecule has 2 aromatic rings. The van der Waals surface area contributed by atoms with Crippen molar-refractivity contribution in [1.82, 2.24) is 0 Å². The summed E-state index contributed by atoms with van der Waals surface area (Å²) < 4.78 is 16.2. The van der Waals surface area contributed by atoms with Crippen molar-refractivity contribution in [3.63, 3.8) is 0 Å². The first-order valence-electron chi connectivity index (χ1n) is 10.4. The summed E-state index contributed by atoms with van der Waals surface area (Å²) >= 11 is 6.45. The Morgan fingerprint density at radius 3 is 2.25 bits per heavy atom. The maximum Gasteiger partial charge on any atom is 0.338 e. The van der Waals surface area contributed by atoms with Crippen LogP contribution in [0.15, 0.2) is 47.1 Å². The maximum absolute atomic E-state index is 13.1. The minimum absolute atomic E-state index is 0.294. The molecule has 1 aliphatic heterocycles. The van der Waals surface area contributed by atoms with Crippen molar-refractivity contribution in [2.75, 3.05) is 24.8 Å². The predicted molar refractivity (Wildman–Crippen MR) is 125 cm³/mol. The number of halogens is 1. The summed E-state index contributed by atoms with van der Waals surface area (Å²) in [5.74, 6) is 0.390. The molecule has 0 bridgehead atoms. The van der Waals surface area contributed by atoms with Crippen LogP contribution >= 0.6 is 11.6 Å². The van der Waals surface area contributed by atoms with E-state index >= 15 is 0 Å². The largest absolute Gasteiger partial charge is 0.490 e. The van der Waals surface area contributed by atoms with Gasteiger partial charge >= 0.3 is 5.97 Å². The molecule has 0 N–H and O–H groups in total. The number of hydrogen-bond donors (Lipinski definition) is 0. The van der Waals surface area contributed by atoms with E-state index in [0.29, 0.717) is 64.4 Å². The average Bonchev–Trinajstić information content (AvgIpc) is 3.05. The molecule has 8 heteroatoms. The van der Waals surface area contributed by atoms with Gasteiger partial charge in [-0.25, -0.2) is 4.79 Å². The molecule has 0 atom stereocenters. The first kappa shape index (κ1) is 23.3. The lowest BCUT2D eigenvalue weighted by Crippen LogP contribution is -2.21. The van der Waals surface area contributed by atoms with Gasteiger partial charge in [0.25, 0.3) is 5.91 Å². The second kappa shape index (κ2) is 10.3. The molecule has 0 saturated heterocycles. The highest BCUT2D eigenvalue weighted by atomic mass is 35.5. The Morgan fingerprint density at radius 2 is 1.66 bits per heavy atom. The van der Waals surface area contributed by atoms with Crippen LogP contribution < -0.4 is 14.5 Å². The molecule has 7 nitrogen and oxygen atoms in total. The number of hydrazone groups is 1. The lowest BCUT2D eigenvalue weighted by molar-refractivity contribution is -0.114. The third-order valence-corrected chi connectivity index (χ3v) is 4.98. The van der Waals surface area contributed by atoms with Gasteiger partial charge in [-0.1, -0.05) is 11.6 Å². The first-order chi connectivity index (χ1) is 15.4. The highest BCUT2D eigenvalue weighted by molar-refractivity contribution is 6.35. The van der Waals surface area contributed by atoms with Crippen molar-refractivity contribution in [3.05, 3.63) is 58.1 Å². The van der Waals surface area contributed by atoms with Crippen LogP contribution in [0.3, 0.4) is 0 Å². The first-order valence-corrected chi connectivity index (χ1v) is 10.7. The van der Waals surface area contributed by atoms with E-state index in [0.717, 1.165) is 0 Å². The smallest absolute Gasteiger partial charge is 0.338 e. The van der Waals surface area contributed by atoms with Gasteiger partial charge in [0.1, 0.15) is 0 Å². The standard InChI is InChI=1S/C24H25ClN2O5/c1-5-30-21-13-17(20(25)14-22(21)31-6-2)12-19-15(4)26-27(23(19)28)18-10-8-16(9-11-18)24(29)32-7-3/h8-14H,5-7H2,1-4H3. The lowest BCUT2D eigenvalue weighted by atomic mass is 10.1. The molecular formula is C24H25ClN2O5. The third kappa shape index (κ3) is 4.94. The molecule has 0 saturated carbocycles. The highest BCUT2D eigenvalue weighted by Crippen LogP contribution is 2.35. The predicted octanol–water partition coefficient (Wildman–Crippen LogP) is 5.12. The molecule has 1 heterocycles. The molecule has 1 amide bonds. The number of rotatable bonds is 8. The number of nitrogens with zero attached hydrogens (tertiary/aromatic N) is 2. The number of benzene rings is 2. The average molecular weight is 457 g/mol. The zero-order valence-electron chi connectivity index (χ0n) is 18.5. The Kier molecular flexibility index (Phi) is 7.53. The van der Waals surface area contributed by atoms with Crippen molar-refractivity contribution in [1.29, 1.82) is 0 Å². The van der Waals surface area contributed by atoms with E-state index in [1.54, 1.807) is 56.3 Å². The number of anilines is 1. The van der Waals surface area contributed by atoms with Crippen LogP contribution in [0.25, 0.3) is 6.08 Å². The van der Waals surface area contributed by atoms with E-state index in [1.165, 1.54) is 5.01 Å². The topological polar surface area (TPSA) is 77.4 Å². The molecule has 0 unspecified atom stereocenters. The molecule has 0 aliphatic carbocycles. The van der Waals surface area contributed by atoms with Gasteiger partial charge in [0.05, 0.1) is 47.4 Å². The molecule has 0 spiro atoms. The highest BCUT2D eigenvalue weighted by Gasteiger charge is 2.29. The second-order valence-electron chi connectivity index (χ2n) is 6.81. The molecule has 3 rings (SSSR count). The molecule has 32 heavy (non-hydrogen) atoms. The summed E-state index contributed by atoms with van der Waals surface area (Å²) in [4.78, 5) is 24.9. The fourth-order valence-electron chi connectivity index (χ4n) is 3.17. The van der Waals surface area contributed by atoms with Gasteiger partial charge in [0.2, 0.25) is 0 Å². The summed E-state index contributed by atoms with van der Waals surface area (Å²) in [5, 5.41) is 6.11. The van der Waals surface area contributed by atoms with E-state index < -0.39 is 5.97 Å². The number of carbonyl (C=O) groups is 2. The fourth-order valence-corrected chi connectivity index (χ4v) is 3.37. The monoisotopic (exact) mass is 456 g/mol. The van der Waals surface area contributed by atoms with E-state index in [4.69, 9.17) is 25.8 Å². The van der Waals surface area contributed by atoms with Crippen molar-refractivity contribution in [2.45, 2.75) is 27.7 Å². The minimum Gasteiger partial charge on any atom is -0.490 e. The Balaban J connectivity index is 1.90. The van der Waals surface area contributed by atoms with Crippen LogP contribution in [-0.4, -0.2) is 37.4 Å². The fraction of sp³-hybridized carbons (Fsp3) is 0.292. The third-order valence-electron chi connectivity index (χ3n) is 4.65. The molecule has 0 radical (unpaired) electrons. The summed E-state index contributed by atoms with van der Waals surface area (Å²) in [6, 6.07) is 9.94. The van der Waals surface area contributed by atoms with Gasteiger partial charge in [0, 0.05) is 6.07 Å². The Labute approximate surface area is 192 Å². The van der Waals surface area contributed by atoms with Crippen LogP contribution in [0.2, 0.25) is 5.02 Å². The number of carbonyl (C=O) groups excluding carboxylic acids is 2. The number of ether oxygens (including phenoxy) is 3. The lowest BCUT2D eigenvalue weighted by Gasteiger charge is -2.14. The van der Waals surface area contributed by atoms with Crippen molar-refractivity contribution >= 4 is 41.0 Å². The molecule has 168 valence electrons. The Bertz CT molecular complexity index is 1080. The van der Waals surface area contributed by atoms with E-state index in [-0.39, 0.29) is 5.91 Å². The summed E-state index contributed by atoms with van der Waals surface area (Å²) in [7, 11) is 0. The molecule has 2 aromatic carbocycles. The summed E-state index contributed by atoms with van der Waals surface area (Å²) in [5.41, 5.74) is 2.53. The van der Waals surface area contributed by atoms with E-state index in [9.17, 15) is 9.59 Å². The summed E-state index contributed by atoms with van der Waals surface area (Å²) in [6.07, 6.45) is 1.69. The van der Waals surface area contributed by atoms with Crippen LogP contribution in [-0.2, 0) is 9.53 Å². The van der Waals surface area contributed by atoms with E-state index in [2.05, 4.69) is 5.10 Å². The second-order valence-corrected chi connectivity index (χ2v) is 7.22. The van der Waals surface area contributed by atoms with Gasteiger partial charge in [0.15, 0.2) is 11.5 Å². The van der Waals surface area contributed by atoms with Crippen molar-refractivity contribution in [2.24, 2.45) is 5.10 Å². The van der Waals surface area contributed by atoms with Crippen molar-refractivity contribution < 1.29 is 23.8 Å². The zero-order chi connectivity index (χ0) is 23.3. The van der Waals surface area contributed by atoms with Crippen LogP contribution in [0.1, 0.15) is 43.6 Å². The molecule has 1 aliphatic rings. The minimum atomic E-state index is -0.415. The molecular weight excluding hydrogens is 432 g/mol. The van der Waals surface area contributed by atoms with Gasteiger partial charge in [-0.3, -0.25) is 4.79 Å². The number of esters is 1. The quantitative estimate of drug-likeness (QED) is 0.407. The van der Waals surface area contributed by atoms with E-state index in [1.807, 2.05) is 13.8 Å². The van der Waals surface area contributed by atoms with Crippen LogP contribution in [0, 0.1) is 0 Å². The summed E-state index contributed by atoms with van der Waals surface area (Å²) in [6.45, 7) is 8.49. The SMILES string of the molecule is CCOC(=O)c1ccc(N2N=C(C)C(=Cc3cc(OCC)c(OCC)cc3Cl)C2=O)cc1. The zero-order valence-corrected chi connectivity index (χ0v) is 19.2. The van der Waals surface area contributed by atoms with Crippen LogP contribution in [0.5, 0.6) is 11.5 Å². The Hall–Kier alpha value is -3.32. The van der Waals surface area contributed by atoms with Gasteiger partial charge in [-0.2, -0.15) is 10.1 Å². The number of amides is 1. The normalized spacial score (nSPS) is 14.5. The molecule has 0 fully saturated rings. The Morgan fingerprint density at radius 1 is 1.03 bits per heavy atom. The van der Waals surface area contributed by atoms with Gasteiger partial charge in [-0.05, 0) is 69.7 Å². The van der Waals surface area contributed by atoms with Crippen LogP contribution in [0.4, 0.5) is 5.69 Å². The van der Waals surface area contributed by atoms with Gasteiger partial charge < -0.3 is 14.2 Å².